The molecule has 0 aromatic heterocycles. The predicted molar refractivity (Wildman–Crippen MR) is 72.9 cm³/mol. The van der Waals surface area contributed by atoms with Gasteiger partial charge in [0.15, 0.2) is 6.61 Å². The van der Waals surface area contributed by atoms with Gasteiger partial charge >= 0.3 is 0 Å². The molecule has 0 bridgehead atoms. The first kappa shape index (κ1) is 15.5. The normalized spacial score (nSPS) is 9.70. The summed E-state index contributed by atoms with van der Waals surface area (Å²) < 4.78 is 5.23. The number of carbonyl (C=O) groups is 2. The molecule has 0 radical (unpaired) electrons. The zero-order valence-electron chi connectivity index (χ0n) is 11.5. The second-order valence-electron chi connectivity index (χ2n) is 4.42. The van der Waals surface area contributed by atoms with E-state index in [0.29, 0.717) is 11.3 Å². The number of carbonyl (C=O) groups excluding carboxylic acids is 2. The fourth-order valence-corrected chi connectivity index (χ4v) is 1.38. The molecule has 0 aliphatic carbocycles. The van der Waals surface area contributed by atoms with Gasteiger partial charge in [0, 0.05) is 6.04 Å². The van der Waals surface area contributed by atoms with Gasteiger partial charge in [-0.2, -0.15) is 5.26 Å². The highest BCUT2D eigenvalue weighted by atomic mass is 16.5. The topological polar surface area (TPSA) is 91.2 Å². The third kappa shape index (κ3) is 5.87. The van der Waals surface area contributed by atoms with Crippen LogP contribution in [0.25, 0.3) is 0 Å². The average Bonchev–Trinajstić information content (AvgIpc) is 2.42. The van der Waals surface area contributed by atoms with Gasteiger partial charge in [-0.25, -0.2) is 0 Å². The lowest BCUT2D eigenvalue weighted by atomic mass is 10.2. The van der Waals surface area contributed by atoms with Gasteiger partial charge in [0.25, 0.3) is 5.91 Å². The minimum Gasteiger partial charge on any atom is -0.484 e. The quantitative estimate of drug-likeness (QED) is 0.794. The Morgan fingerprint density at radius 3 is 2.45 bits per heavy atom. The third-order valence-electron chi connectivity index (χ3n) is 2.25. The molecule has 6 nitrogen and oxygen atoms in total. The molecule has 0 saturated carbocycles. The molecule has 0 spiro atoms. The molecule has 6 heteroatoms. The van der Waals surface area contributed by atoms with Crippen LogP contribution in [0.2, 0.25) is 0 Å². The van der Waals surface area contributed by atoms with Crippen LogP contribution in [0, 0.1) is 11.3 Å². The first-order valence-corrected chi connectivity index (χ1v) is 6.20. The van der Waals surface area contributed by atoms with Crippen molar-refractivity contribution in [2.45, 2.75) is 19.9 Å². The van der Waals surface area contributed by atoms with Crippen molar-refractivity contribution >= 4 is 11.8 Å². The summed E-state index contributed by atoms with van der Waals surface area (Å²) in [4.78, 5) is 22.8. The van der Waals surface area contributed by atoms with E-state index in [0.717, 1.165) is 0 Å². The molecule has 0 aliphatic heterocycles. The van der Waals surface area contributed by atoms with Crippen molar-refractivity contribution in [2.75, 3.05) is 13.2 Å². The molecule has 106 valence electrons. The van der Waals surface area contributed by atoms with E-state index in [1.165, 1.54) is 0 Å². The number of nitrogens with one attached hydrogen (secondary N) is 2. The number of nitrogens with zero attached hydrogens (tertiary/aromatic N) is 1. The molecule has 1 rings (SSSR count). The summed E-state index contributed by atoms with van der Waals surface area (Å²) in [6.07, 6.45) is 0. The van der Waals surface area contributed by atoms with Crippen molar-refractivity contribution < 1.29 is 14.3 Å². The summed E-state index contributed by atoms with van der Waals surface area (Å²) >= 11 is 0. The number of amides is 2. The molecule has 0 fully saturated rings. The van der Waals surface area contributed by atoms with Crippen LogP contribution >= 0.6 is 0 Å². The van der Waals surface area contributed by atoms with Gasteiger partial charge in [-0.15, -0.1) is 0 Å². The Kier molecular flexibility index (Phi) is 6.04. The van der Waals surface area contributed by atoms with Crippen molar-refractivity contribution in [3.8, 4) is 11.8 Å². The Balaban J connectivity index is 2.29. The number of hydrogen-bond acceptors (Lipinski definition) is 4. The molecule has 1 aromatic rings. The van der Waals surface area contributed by atoms with Crippen molar-refractivity contribution in [2.24, 2.45) is 0 Å². The highest BCUT2D eigenvalue weighted by Crippen LogP contribution is 2.10. The summed E-state index contributed by atoms with van der Waals surface area (Å²) in [5, 5.41) is 13.7. The molecular weight excluding hydrogens is 258 g/mol. The maximum atomic E-state index is 11.5. The first-order chi connectivity index (χ1) is 9.51. The van der Waals surface area contributed by atoms with Crippen LogP contribution in [-0.2, 0) is 9.59 Å². The Hall–Kier alpha value is -2.55. The number of benzene rings is 1. The molecule has 0 atom stereocenters. The minimum atomic E-state index is -0.381. The van der Waals surface area contributed by atoms with Gasteiger partial charge in [0.05, 0.1) is 18.2 Å². The van der Waals surface area contributed by atoms with Gasteiger partial charge in [-0.3, -0.25) is 9.59 Å². The average molecular weight is 275 g/mol. The van der Waals surface area contributed by atoms with Gasteiger partial charge < -0.3 is 15.4 Å². The second kappa shape index (κ2) is 7.79. The number of ether oxygens (including phenoxy) is 1. The van der Waals surface area contributed by atoms with E-state index in [1.807, 2.05) is 19.9 Å². The van der Waals surface area contributed by atoms with Crippen LogP contribution < -0.4 is 15.4 Å². The van der Waals surface area contributed by atoms with Crippen molar-refractivity contribution in [3.63, 3.8) is 0 Å². The van der Waals surface area contributed by atoms with Crippen LogP contribution in [0.5, 0.6) is 5.75 Å². The van der Waals surface area contributed by atoms with Crippen LogP contribution in [0.15, 0.2) is 24.3 Å². The monoisotopic (exact) mass is 275 g/mol. The maximum absolute atomic E-state index is 11.5. The van der Waals surface area contributed by atoms with Crippen molar-refractivity contribution in [1.29, 1.82) is 5.26 Å². The molecule has 0 unspecified atom stereocenters. The highest BCUT2D eigenvalue weighted by Gasteiger charge is 2.07. The molecule has 1 aromatic carbocycles. The van der Waals surface area contributed by atoms with E-state index in [1.54, 1.807) is 24.3 Å². The van der Waals surface area contributed by atoms with Crippen molar-refractivity contribution in [3.05, 3.63) is 29.8 Å². The van der Waals surface area contributed by atoms with Crippen LogP contribution in [-0.4, -0.2) is 31.0 Å². The molecule has 0 aliphatic rings. The van der Waals surface area contributed by atoms with Gasteiger partial charge in [-0.1, -0.05) is 0 Å². The fourth-order valence-electron chi connectivity index (χ4n) is 1.38. The Morgan fingerprint density at radius 2 is 1.90 bits per heavy atom. The molecule has 0 saturated heterocycles. The lowest BCUT2D eigenvalue weighted by Crippen LogP contribution is -2.41. The van der Waals surface area contributed by atoms with E-state index in [2.05, 4.69) is 10.6 Å². The van der Waals surface area contributed by atoms with E-state index in [9.17, 15) is 9.59 Å². The SMILES string of the molecule is CC(C)NC(=O)CNC(=O)COc1ccc(C#N)cc1. The Morgan fingerprint density at radius 1 is 1.25 bits per heavy atom. The molecule has 20 heavy (non-hydrogen) atoms. The number of rotatable bonds is 6. The lowest BCUT2D eigenvalue weighted by molar-refractivity contribution is -0.127. The fraction of sp³-hybridized carbons (Fsp3) is 0.357. The number of nitriles is 1. The minimum absolute atomic E-state index is 0.0364. The van der Waals surface area contributed by atoms with E-state index in [-0.39, 0.29) is 31.0 Å². The highest BCUT2D eigenvalue weighted by molar-refractivity contribution is 5.85. The largest absolute Gasteiger partial charge is 0.484 e. The molecule has 2 amide bonds. The van der Waals surface area contributed by atoms with Gasteiger partial charge in [0.2, 0.25) is 5.91 Å². The summed E-state index contributed by atoms with van der Waals surface area (Å²) in [6.45, 7) is 3.43. The Bertz CT molecular complexity index is 503. The van der Waals surface area contributed by atoms with Gasteiger partial charge in [-0.05, 0) is 38.1 Å². The van der Waals surface area contributed by atoms with Crippen molar-refractivity contribution in [1.82, 2.24) is 10.6 Å². The zero-order chi connectivity index (χ0) is 15.0. The number of hydrogen-bond donors (Lipinski definition) is 2. The van der Waals surface area contributed by atoms with E-state index >= 15 is 0 Å². The zero-order valence-corrected chi connectivity index (χ0v) is 11.5. The molecular formula is C14H17N3O3. The summed E-state index contributed by atoms with van der Waals surface area (Å²) in [7, 11) is 0. The van der Waals surface area contributed by atoms with E-state index in [4.69, 9.17) is 10.00 Å². The van der Waals surface area contributed by atoms with Crippen LogP contribution in [0.1, 0.15) is 19.4 Å². The lowest BCUT2D eigenvalue weighted by Gasteiger charge is -2.10. The predicted octanol–water partition coefficient (Wildman–Crippen LogP) is 0.578. The molecule has 2 N–H and O–H groups in total. The molecule has 0 heterocycles. The summed E-state index contributed by atoms with van der Waals surface area (Å²) in [6, 6.07) is 8.44. The second-order valence-corrected chi connectivity index (χ2v) is 4.42. The summed E-state index contributed by atoms with van der Waals surface area (Å²) in [5.41, 5.74) is 0.521. The first-order valence-electron chi connectivity index (χ1n) is 6.20. The van der Waals surface area contributed by atoms with Crippen LogP contribution in [0.3, 0.4) is 0 Å². The van der Waals surface area contributed by atoms with E-state index < -0.39 is 0 Å². The standard InChI is InChI=1S/C14H17N3O3/c1-10(2)17-13(18)8-16-14(19)9-20-12-5-3-11(7-15)4-6-12/h3-6,10H,8-9H2,1-2H3,(H,16,19)(H,17,18). The smallest absolute Gasteiger partial charge is 0.258 e. The maximum Gasteiger partial charge on any atom is 0.258 e. The third-order valence-corrected chi connectivity index (χ3v) is 2.25. The summed E-state index contributed by atoms with van der Waals surface area (Å²) in [5.74, 6) is -0.134. The van der Waals surface area contributed by atoms with Gasteiger partial charge in [0.1, 0.15) is 5.75 Å². The van der Waals surface area contributed by atoms with Crippen LogP contribution in [0.4, 0.5) is 0 Å². The Labute approximate surface area is 117 Å².